The van der Waals surface area contributed by atoms with E-state index in [1.165, 1.54) is 31.3 Å². The molecule has 0 atom stereocenters. The Labute approximate surface area is 141 Å². The molecule has 1 amide bonds. The number of aromatic nitrogens is 2. The first kappa shape index (κ1) is 16.1. The maximum atomic E-state index is 12.6. The molecule has 2 aromatic rings. The first-order valence-electron chi connectivity index (χ1n) is 8.31. The second-order valence-electron chi connectivity index (χ2n) is 5.95. The monoisotopic (exact) mass is 331 g/mol. The molecule has 0 fully saturated rings. The number of rotatable bonds is 5. The molecule has 0 bridgehead atoms. The lowest BCUT2D eigenvalue weighted by atomic mass is 9.97. The van der Waals surface area contributed by atoms with Crippen molar-refractivity contribution in [3.63, 3.8) is 0 Å². The zero-order valence-corrected chi connectivity index (χ0v) is 14.2. The molecule has 0 saturated carbocycles. The number of allylic oxidation sites excluding steroid dienone is 1. The minimum absolute atomic E-state index is 0.0759. The molecule has 0 saturated heterocycles. The summed E-state index contributed by atoms with van der Waals surface area (Å²) in [6, 6.07) is 3.63. The molecular formula is C18H22ClN3O. The number of halogens is 1. The number of nitrogens with one attached hydrogen (secondary N) is 1. The van der Waals surface area contributed by atoms with Gasteiger partial charge in [0.1, 0.15) is 11.3 Å². The molecule has 0 aliphatic heterocycles. The summed E-state index contributed by atoms with van der Waals surface area (Å²) in [5.41, 5.74) is 3.63. The van der Waals surface area contributed by atoms with Gasteiger partial charge in [0, 0.05) is 12.7 Å². The third-order valence-corrected chi connectivity index (χ3v) is 4.54. The fraction of sp³-hybridized carbons (Fsp3) is 0.444. The van der Waals surface area contributed by atoms with Crippen LogP contribution in [0.2, 0.25) is 5.02 Å². The fourth-order valence-corrected chi connectivity index (χ4v) is 3.27. The lowest BCUT2D eigenvalue weighted by molar-refractivity contribution is 0.0947. The van der Waals surface area contributed by atoms with E-state index in [2.05, 4.69) is 16.4 Å². The molecule has 1 aliphatic rings. The van der Waals surface area contributed by atoms with Gasteiger partial charge in [-0.25, -0.2) is 4.98 Å². The number of carbonyl (C=O) groups excluding carboxylic acids is 1. The van der Waals surface area contributed by atoms with Crippen LogP contribution in [-0.2, 0) is 6.42 Å². The van der Waals surface area contributed by atoms with E-state index in [1.807, 2.05) is 13.0 Å². The normalized spacial score (nSPS) is 14.8. The van der Waals surface area contributed by atoms with E-state index in [9.17, 15) is 4.79 Å². The molecule has 3 rings (SSSR count). The summed E-state index contributed by atoms with van der Waals surface area (Å²) in [6.07, 6.45) is 10.6. The van der Waals surface area contributed by atoms with Crippen LogP contribution in [0.1, 0.15) is 55.2 Å². The molecule has 0 radical (unpaired) electrons. The first-order valence-corrected chi connectivity index (χ1v) is 8.69. The van der Waals surface area contributed by atoms with E-state index < -0.39 is 0 Å². The first-order chi connectivity index (χ1) is 11.2. The molecule has 1 N–H and O–H groups in total. The van der Waals surface area contributed by atoms with Gasteiger partial charge in [0.15, 0.2) is 0 Å². The van der Waals surface area contributed by atoms with Gasteiger partial charge in [0.2, 0.25) is 0 Å². The van der Waals surface area contributed by atoms with Crippen LogP contribution in [0.3, 0.4) is 0 Å². The van der Waals surface area contributed by atoms with Crippen LogP contribution in [0, 0.1) is 0 Å². The zero-order chi connectivity index (χ0) is 16.2. The van der Waals surface area contributed by atoms with Gasteiger partial charge in [-0.3, -0.25) is 9.20 Å². The summed E-state index contributed by atoms with van der Waals surface area (Å²) < 4.78 is 1.79. The number of imidazole rings is 1. The largest absolute Gasteiger partial charge is 0.350 e. The number of fused-ring (bicyclic) bond motifs is 1. The van der Waals surface area contributed by atoms with E-state index in [0.29, 0.717) is 23.7 Å². The molecule has 0 unspecified atom stereocenters. The van der Waals surface area contributed by atoms with Gasteiger partial charge in [-0.1, -0.05) is 30.2 Å². The predicted octanol–water partition coefficient (Wildman–Crippen LogP) is 4.17. The van der Waals surface area contributed by atoms with Crippen LogP contribution in [0.4, 0.5) is 0 Å². The van der Waals surface area contributed by atoms with Crippen molar-refractivity contribution < 1.29 is 4.79 Å². The van der Waals surface area contributed by atoms with Gasteiger partial charge in [-0.05, 0) is 50.7 Å². The standard InChI is InChI=1S/C18H22ClN3O/c1-2-15-17(22-12-14(19)8-9-16(22)21-15)18(23)20-11-10-13-6-4-3-5-7-13/h6,8-9,12H,2-5,7,10-11H2,1H3,(H,20,23). The quantitative estimate of drug-likeness (QED) is 0.836. The van der Waals surface area contributed by atoms with Crippen molar-refractivity contribution in [2.45, 2.75) is 45.4 Å². The van der Waals surface area contributed by atoms with Gasteiger partial charge in [0.25, 0.3) is 5.91 Å². The second-order valence-corrected chi connectivity index (χ2v) is 6.39. The van der Waals surface area contributed by atoms with Gasteiger partial charge < -0.3 is 5.32 Å². The molecule has 5 heteroatoms. The van der Waals surface area contributed by atoms with E-state index in [4.69, 9.17) is 11.6 Å². The summed E-state index contributed by atoms with van der Waals surface area (Å²) in [6.45, 7) is 2.68. The van der Waals surface area contributed by atoms with Crippen LogP contribution in [0.25, 0.3) is 5.65 Å². The van der Waals surface area contributed by atoms with E-state index in [1.54, 1.807) is 16.7 Å². The Morgan fingerprint density at radius 1 is 1.39 bits per heavy atom. The Kier molecular flexibility index (Phi) is 5.01. The van der Waals surface area contributed by atoms with Crippen molar-refractivity contribution in [3.05, 3.63) is 46.4 Å². The van der Waals surface area contributed by atoms with Crippen LogP contribution < -0.4 is 5.32 Å². The zero-order valence-electron chi connectivity index (χ0n) is 13.4. The Bertz CT molecular complexity index is 748. The number of hydrogen-bond acceptors (Lipinski definition) is 2. The molecule has 1 aliphatic carbocycles. The molecule has 2 aromatic heterocycles. The Hall–Kier alpha value is -1.81. The maximum absolute atomic E-state index is 12.6. The van der Waals surface area contributed by atoms with Crippen molar-refractivity contribution >= 4 is 23.2 Å². The topological polar surface area (TPSA) is 46.4 Å². The predicted molar refractivity (Wildman–Crippen MR) is 93.1 cm³/mol. The fourth-order valence-electron chi connectivity index (χ4n) is 3.11. The van der Waals surface area contributed by atoms with Gasteiger partial charge in [-0.15, -0.1) is 0 Å². The molecular weight excluding hydrogens is 310 g/mol. The van der Waals surface area contributed by atoms with E-state index in [0.717, 1.165) is 17.8 Å². The van der Waals surface area contributed by atoms with Crippen molar-refractivity contribution in [3.8, 4) is 0 Å². The number of carbonyl (C=O) groups is 1. The van der Waals surface area contributed by atoms with Crippen LogP contribution in [0.15, 0.2) is 30.0 Å². The highest BCUT2D eigenvalue weighted by molar-refractivity contribution is 6.30. The van der Waals surface area contributed by atoms with Gasteiger partial charge in [-0.2, -0.15) is 0 Å². The van der Waals surface area contributed by atoms with Crippen molar-refractivity contribution in [2.75, 3.05) is 6.54 Å². The summed E-state index contributed by atoms with van der Waals surface area (Å²) >= 11 is 6.07. The Balaban J connectivity index is 1.74. The smallest absolute Gasteiger partial charge is 0.270 e. The van der Waals surface area contributed by atoms with Crippen molar-refractivity contribution in [2.24, 2.45) is 0 Å². The Morgan fingerprint density at radius 2 is 2.26 bits per heavy atom. The summed E-state index contributed by atoms with van der Waals surface area (Å²) in [4.78, 5) is 17.1. The molecule has 4 nitrogen and oxygen atoms in total. The highest BCUT2D eigenvalue weighted by atomic mass is 35.5. The lowest BCUT2D eigenvalue weighted by Crippen LogP contribution is -2.27. The number of pyridine rings is 1. The molecule has 2 heterocycles. The average Bonchev–Trinajstić information content (AvgIpc) is 2.93. The Morgan fingerprint density at radius 3 is 3.00 bits per heavy atom. The SMILES string of the molecule is CCc1nc2ccc(Cl)cn2c1C(=O)NCCC1=CCCCC1. The van der Waals surface area contributed by atoms with Gasteiger partial charge in [0.05, 0.1) is 10.7 Å². The van der Waals surface area contributed by atoms with Crippen LogP contribution in [0.5, 0.6) is 0 Å². The molecule has 0 aromatic carbocycles. The number of hydrogen-bond donors (Lipinski definition) is 1. The second kappa shape index (κ2) is 7.18. The number of aryl methyl sites for hydroxylation is 1. The summed E-state index contributed by atoms with van der Waals surface area (Å²) in [5, 5.41) is 3.63. The third-order valence-electron chi connectivity index (χ3n) is 4.32. The van der Waals surface area contributed by atoms with Crippen LogP contribution in [-0.4, -0.2) is 21.8 Å². The van der Waals surface area contributed by atoms with E-state index >= 15 is 0 Å². The average molecular weight is 332 g/mol. The number of nitrogens with zero attached hydrogens (tertiary/aromatic N) is 2. The minimum Gasteiger partial charge on any atom is -0.350 e. The minimum atomic E-state index is -0.0759. The summed E-state index contributed by atoms with van der Waals surface area (Å²) in [5.74, 6) is -0.0759. The van der Waals surface area contributed by atoms with E-state index in [-0.39, 0.29) is 5.91 Å². The van der Waals surface area contributed by atoms with Crippen molar-refractivity contribution in [1.29, 1.82) is 0 Å². The highest BCUT2D eigenvalue weighted by Crippen LogP contribution is 2.20. The van der Waals surface area contributed by atoms with Crippen LogP contribution >= 0.6 is 11.6 Å². The third kappa shape index (κ3) is 3.58. The van der Waals surface area contributed by atoms with Gasteiger partial charge >= 0.3 is 0 Å². The molecule has 23 heavy (non-hydrogen) atoms. The highest BCUT2D eigenvalue weighted by Gasteiger charge is 2.18. The number of amides is 1. The van der Waals surface area contributed by atoms with Crippen molar-refractivity contribution in [1.82, 2.24) is 14.7 Å². The molecule has 0 spiro atoms. The summed E-state index contributed by atoms with van der Waals surface area (Å²) in [7, 11) is 0. The lowest BCUT2D eigenvalue weighted by Gasteiger charge is -2.13. The molecule has 122 valence electrons. The maximum Gasteiger partial charge on any atom is 0.270 e.